The molecule has 1 aliphatic rings. The molecule has 118 valence electrons. The van der Waals surface area contributed by atoms with E-state index in [0.717, 1.165) is 11.1 Å². The van der Waals surface area contributed by atoms with E-state index in [0.29, 0.717) is 0 Å². The topological polar surface area (TPSA) is 46.6 Å². The Bertz CT molecular complexity index is 684. The van der Waals surface area contributed by atoms with Gasteiger partial charge >= 0.3 is 6.09 Å². The Kier molecular flexibility index (Phi) is 4.42. The maximum absolute atomic E-state index is 12.6. The Labute approximate surface area is 135 Å². The Balaban J connectivity index is 1.76. The van der Waals surface area contributed by atoms with Crippen LogP contribution in [0.3, 0.4) is 0 Å². The van der Waals surface area contributed by atoms with Crippen molar-refractivity contribution in [3.63, 3.8) is 0 Å². The summed E-state index contributed by atoms with van der Waals surface area (Å²) in [6.45, 7) is 2.21. The summed E-state index contributed by atoms with van der Waals surface area (Å²) in [6.07, 6.45) is -0.272. The van der Waals surface area contributed by atoms with Gasteiger partial charge in [-0.25, -0.2) is 9.69 Å². The van der Waals surface area contributed by atoms with Gasteiger partial charge in [0, 0.05) is 6.42 Å². The second-order valence-electron chi connectivity index (χ2n) is 5.78. The number of cyclic esters (lactones) is 1. The number of carbonyl (C=O) groups excluding carboxylic acids is 2. The zero-order valence-electron chi connectivity index (χ0n) is 13.0. The minimum atomic E-state index is -0.552. The molecule has 23 heavy (non-hydrogen) atoms. The van der Waals surface area contributed by atoms with Gasteiger partial charge in [0.15, 0.2) is 0 Å². The number of rotatable bonds is 4. The molecule has 1 saturated heterocycles. The monoisotopic (exact) mass is 309 g/mol. The molecule has 1 fully saturated rings. The molecule has 0 spiro atoms. The van der Waals surface area contributed by atoms with Crippen LogP contribution in [-0.4, -0.2) is 23.5 Å². The first-order valence-corrected chi connectivity index (χ1v) is 7.75. The third-order valence-electron chi connectivity index (χ3n) is 4.18. The second kappa shape index (κ2) is 6.65. The van der Waals surface area contributed by atoms with E-state index < -0.39 is 6.09 Å². The van der Waals surface area contributed by atoms with Gasteiger partial charge in [-0.05, 0) is 17.0 Å². The van der Waals surface area contributed by atoms with Gasteiger partial charge in [-0.2, -0.15) is 0 Å². The van der Waals surface area contributed by atoms with Crippen molar-refractivity contribution in [3.8, 4) is 0 Å². The smallest absolute Gasteiger partial charge is 0.417 e. The number of nitrogens with zero attached hydrogens (tertiary/aromatic N) is 1. The van der Waals surface area contributed by atoms with E-state index in [4.69, 9.17) is 4.74 Å². The van der Waals surface area contributed by atoms with Crippen molar-refractivity contribution in [3.05, 3.63) is 71.8 Å². The molecule has 2 aromatic carbocycles. The standard InChI is InChI=1S/C19H19NO3/c1-14(15-8-4-2-5-9-15)12-18(21)20-17(13-23-19(20)22)16-10-6-3-7-11-16/h2-11,14,17H,12-13H2,1H3/t14-,17-/m1/s1. The van der Waals surface area contributed by atoms with E-state index in [-0.39, 0.29) is 30.9 Å². The molecule has 0 unspecified atom stereocenters. The SMILES string of the molecule is C[C@H](CC(=O)N1C(=O)OC[C@@H]1c1ccccc1)c1ccccc1. The van der Waals surface area contributed by atoms with E-state index >= 15 is 0 Å². The average Bonchev–Trinajstić information content (AvgIpc) is 2.98. The quantitative estimate of drug-likeness (QED) is 0.860. The second-order valence-corrected chi connectivity index (χ2v) is 5.78. The highest BCUT2D eigenvalue weighted by molar-refractivity contribution is 5.94. The molecule has 2 atom stereocenters. The van der Waals surface area contributed by atoms with Gasteiger partial charge in [0.2, 0.25) is 5.91 Å². The summed E-state index contributed by atoms with van der Waals surface area (Å²) in [5.41, 5.74) is 2.00. The summed E-state index contributed by atoms with van der Waals surface area (Å²) in [7, 11) is 0. The molecule has 3 rings (SSSR count). The molecular formula is C19H19NO3. The first-order valence-electron chi connectivity index (χ1n) is 7.75. The largest absolute Gasteiger partial charge is 0.446 e. The van der Waals surface area contributed by atoms with Gasteiger partial charge in [-0.15, -0.1) is 0 Å². The molecule has 0 aliphatic carbocycles. The number of hydrogen-bond acceptors (Lipinski definition) is 3. The molecule has 1 aliphatic heterocycles. The molecule has 0 bridgehead atoms. The lowest BCUT2D eigenvalue weighted by atomic mass is 9.96. The maximum atomic E-state index is 12.6. The van der Waals surface area contributed by atoms with Gasteiger partial charge in [-0.1, -0.05) is 67.6 Å². The number of ether oxygens (including phenoxy) is 1. The lowest BCUT2D eigenvalue weighted by Gasteiger charge is -2.21. The van der Waals surface area contributed by atoms with Crippen LogP contribution < -0.4 is 0 Å². The van der Waals surface area contributed by atoms with Crippen LogP contribution in [0, 0.1) is 0 Å². The van der Waals surface area contributed by atoms with Gasteiger partial charge in [0.25, 0.3) is 0 Å². The van der Waals surface area contributed by atoms with Crippen molar-refractivity contribution in [2.24, 2.45) is 0 Å². The third-order valence-corrected chi connectivity index (χ3v) is 4.18. The Morgan fingerprint density at radius 3 is 2.39 bits per heavy atom. The fourth-order valence-electron chi connectivity index (χ4n) is 2.88. The van der Waals surface area contributed by atoms with E-state index in [1.807, 2.05) is 67.6 Å². The van der Waals surface area contributed by atoms with E-state index in [1.165, 1.54) is 4.90 Å². The van der Waals surface area contributed by atoms with E-state index in [1.54, 1.807) is 0 Å². The Morgan fingerprint density at radius 1 is 1.13 bits per heavy atom. The van der Waals surface area contributed by atoms with Crippen LogP contribution in [0.4, 0.5) is 4.79 Å². The van der Waals surface area contributed by atoms with Crippen molar-refractivity contribution in [1.29, 1.82) is 0 Å². The fraction of sp³-hybridized carbons (Fsp3) is 0.263. The lowest BCUT2D eigenvalue weighted by Crippen LogP contribution is -2.34. The molecule has 1 heterocycles. The molecule has 2 amide bonds. The predicted octanol–water partition coefficient (Wildman–Crippen LogP) is 3.90. The third kappa shape index (κ3) is 3.26. The lowest BCUT2D eigenvalue weighted by molar-refractivity contribution is -0.129. The van der Waals surface area contributed by atoms with Crippen LogP contribution in [0.5, 0.6) is 0 Å². The zero-order chi connectivity index (χ0) is 16.2. The van der Waals surface area contributed by atoms with Crippen molar-refractivity contribution in [1.82, 2.24) is 4.90 Å². The predicted molar refractivity (Wildman–Crippen MR) is 86.9 cm³/mol. The summed E-state index contributed by atoms with van der Waals surface area (Å²) in [6, 6.07) is 19.0. The molecule has 0 aromatic heterocycles. The highest BCUT2D eigenvalue weighted by Gasteiger charge is 2.38. The molecule has 0 radical (unpaired) electrons. The van der Waals surface area contributed by atoms with Crippen LogP contribution in [0.2, 0.25) is 0 Å². The van der Waals surface area contributed by atoms with Crippen molar-refractivity contribution in [2.75, 3.05) is 6.61 Å². The van der Waals surface area contributed by atoms with E-state index in [2.05, 4.69) is 0 Å². The average molecular weight is 309 g/mol. The van der Waals surface area contributed by atoms with Crippen molar-refractivity contribution < 1.29 is 14.3 Å². The van der Waals surface area contributed by atoms with Crippen LogP contribution in [-0.2, 0) is 9.53 Å². The van der Waals surface area contributed by atoms with Crippen LogP contribution in [0.25, 0.3) is 0 Å². The Hall–Kier alpha value is -2.62. The Morgan fingerprint density at radius 2 is 1.74 bits per heavy atom. The first-order chi connectivity index (χ1) is 11.2. The zero-order valence-corrected chi connectivity index (χ0v) is 13.0. The highest BCUT2D eigenvalue weighted by atomic mass is 16.6. The van der Waals surface area contributed by atoms with Crippen molar-refractivity contribution in [2.45, 2.75) is 25.3 Å². The van der Waals surface area contributed by atoms with Gasteiger partial charge in [0.1, 0.15) is 12.6 Å². The first kappa shape index (κ1) is 15.3. The van der Waals surface area contributed by atoms with Crippen molar-refractivity contribution >= 4 is 12.0 Å². The molecule has 4 heteroatoms. The molecular weight excluding hydrogens is 290 g/mol. The summed E-state index contributed by atoms with van der Waals surface area (Å²) in [5.74, 6) is -0.147. The summed E-state index contributed by atoms with van der Waals surface area (Å²) >= 11 is 0. The number of benzene rings is 2. The number of hydrogen-bond donors (Lipinski definition) is 0. The summed E-state index contributed by atoms with van der Waals surface area (Å²) in [5, 5.41) is 0. The molecule has 4 nitrogen and oxygen atoms in total. The van der Waals surface area contributed by atoms with Crippen LogP contribution in [0.15, 0.2) is 60.7 Å². The van der Waals surface area contributed by atoms with Gasteiger partial charge in [-0.3, -0.25) is 4.79 Å². The van der Waals surface area contributed by atoms with Crippen LogP contribution in [0.1, 0.15) is 36.4 Å². The van der Waals surface area contributed by atoms with Crippen LogP contribution >= 0.6 is 0 Å². The summed E-state index contributed by atoms with van der Waals surface area (Å²) in [4.78, 5) is 25.9. The minimum Gasteiger partial charge on any atom is -0.446 e. The minimum absolute atomic E-state index is 0.0496. The molecule has 0 saturated carbocycles. The molecule has 0 N–H and O–H groups in total. The van der Waals surface area contributed by atoms with Gasteiger partial charge in [0.05, 0.1) is 0 Å². The maximum Gasteiger partial charge on any atom is 0.417 e. The molecule has 2 aromatic rings. The highest BCUT2D eigenvalue weighted by Crippen LogP contribution is 2.30. The van der Waals surface area contributed by atoms with E-state index in [9.17, 15) is 9.59 Å². The van der Waals surface area contributed by atoms with Gasteiger partial charge < -0.3 is 4.74 Å². The number of carbonyl (C=O) groups is 2. The normalized spacial score (nSPS) is 18.6. The number of imide groups is 1. The fourth-order valence-corrected chi connectivity index (χ4v) is 2.88. The summed E-state index contributed by atoms with van der Waals surface area (Å²) < 4.78 is 5.11. The number of amides is 2.